The van der Waals surface area contributed by atoms with E-state index < -0.39 is 0 Å². The van der Waals surface area contributed by atoms with E-state index >= 15 is 0 Å². The van der Waals surface area contributed by atoms with Crippen LogP contribution in [0.5, 0.6) is 0 Å². The molecule has 1 aromatic heterocycles. The Morgan fingerprint density at radius 1 is 1.15 bits per heavy atom. The van der Waals surface area contributed by atoms with Gasteiger partial charge in [0.1, 0.15) is 0 Å². The van der Waals surface area contributed by atoms with Gasteiger partial charge in [-0.2, -0.15) is 0 Å². The zero-order valence-corrected chi connectivity index (χ0v) is 12.9. The lowest BCUT2D eigenvalue weighted by atomic mass is 10.1. The van der Waals surface area contributed by atoms with Crippen molar-refractivity contribution in [1.29, 1.82) is 0 Å². The number of hydrogen-bond donors (Lipinski definition) is 1. The second-order valence-corrected chi connectivity index (χ2v) is 6.27. The van der Waals surface area contributed by atoms with E-state index in [0.29, 0.717) is 0 Å². The summed E-state index contributed by atoms with van der Waals surface area (Å²) in [6.45, 7) is 4.18. The average Bonchev–Trinajstić information content (AvgIpc) is 2.83. The van der Waals surface area contributed by atoms with Gasteiger partial charge >= 0.3 is 0 Å². The number of thiazole rings is 1. The summed E-state index contributed by atoms with van der Waals surface area (Å²) in [6.07, 6.45) is 0. The fourth-order valence-corrected chi connectivity index (χ4v) is 3.57. The van der Waals surface area contributed by atoms with Gasteiger partial charge in [-0.15, -0.1) is 0 Å². The molecule has 3 rings (SSSR count). The summed E-state index contributed by atoms with van der Waals surface area (Å²) in [5, 5.41) is 5.15. The largest absolute Gasteiger partial charge is 0.355 e. The summed E-state index contributed by atoms with van der Waals surface area (Å²) in [5.74, 6) is 0. The number of para-hydroxylation sites is 1. The summed E-state index contributed by atoms with van der Waals surface area (Å²) in [4.78, 5) is 4.67. The van der Waals surface area contributed by atoms with Gasteiger partial charge in [-0.1, -0.05) is 53.3 Å². The summed E-state index contributed by atoms with van der Waals surface area (Å²) < 4.78 is 1.21. The van der Waals surface area contributed by atoms with Gasteiger partial charge < -0.3 is 5.32 Å². The normalized spacial score (nSPS) is 12.6. The maximum Gasteiger partial charge on any atom is 0.184 e. The lowest BCUT2D eigenvalue weighted by Gasteiger charge is -2.14. The summed E-state index contributed by atoms with van der Waals surface area (Å²) in [5.41, 5.74) is 3.37. The third-order valence-corrected chi connectivity index (χ3v) is 4.63. The quantitative estimate of drug-likeness (QED) is 0.697. The zero-order valence-electron chi connectivity index (χ0n) is 11.4. The molecule has 1 unspecified atom stereocenters. The molecule has 0 aliphatic heterocycles. The number of aromatic nitrogens is 1. The van der Waals surface area contributed by atoms with E-state index in [1.54, 1.807) is 11.3 Å². The predicted octanol–water partition coefficient (Wildman–Crippen LogP) is 5.43. The monoisotopic (exact) mass is 302 g/mol. The van der Waals surface area contributed by atoms with Crippen LogP contribution in [-0.4, -0.2) is 4.98 Å². The smallest absolute Gasteiger partial charge is 0.184 e. The Morgan fingerprint density at radius 2 is 1.95 bits per heavy atom. The Morgan fingerprint density at radius 3 is 2.70 bits per heavy atom. The van der Waals surface area contributed by atoms with Crippen LogP contribution >= 0.6 is 22.9 Å². The Hall–Kier alpha value is -1.58. The maximum atomic E-state index is 6.23. The van der Waals surface area contributed by atoms with Crippen LogP contribution in [0.3, 0.4) is 0 Å². The number of benzene rings is 2. The molecule has 0 radical (unpaired) electrons. The van der Waals surface area contributed by atoms with Crippen LogP contribution in [0.15, 0.2) is 42.5 Å². The second-order valence-electron chi connectivity index (χ2n) is 4.83. The molecule has 0 saturated heterocycles. The predicted molar refractivity (Wildman–Crippen MR) is 87.8 cm³/mol. The third kappa shape index (κ3) is 2.51. The van der Waals surface area contributed by atoms with Crippen molar-refractivity contribution >= 4 is 38.3 Å². The van der Waals surface area contributed by atoms with Crippen molar-refractivity contribution < 1.29 is 0 Å². The Bertz CT molecular complexity index is 751. The first-order valence-corrected chi connectivity index (χ1v) is 7.71. The molecular formula is C16H15ClN2S. The van der Waals surface area contributed by atoms with E-state index in [-0.39, 0.29) is 6.04 Å². The first-order chi connectivity index (χ1) is 9.65. The van der Waals surface area contributed by atoms with Crippen LogP contribution in [0.1, 0.15) is 24.1 Å². The number of rotatable bonds is 3. The standard InChI is InChI=1S/C16H15ClN2S/c1-10-6-5-9-14-15(10)19-16(20-14)18-11(2)12-7-3-4-8-13(12)17/h3-9,11H,1-2H3,(H,18,19). The number of nitrogens with zero attached hydrogens (tertiary/aromatic N) is 1. The molecule has 0 fully saturated rings. The van der Waals surface area contributed by atoms with Crippen LogP contribution in [0, 0.1) is 6.92 Å². The molecule has 1 heterocycles. The van der Waals surface area contributed by atoms with Crippen molar-refractivity contribution in [2.75, 3.05) is 5.32 Å². The first kappa shape index (κ1) is 13.4. The van der Waals surface area contributed by atoms with Crippen molar-refractivity contribution in [2.24, 2.45) is 0 Å². The van der Waals surface area contributed by atoms with E-state index in [9.17, 15) is 0 Å². The van der Waals surface area contributed by atoms with E-state index in [2.05, 4.69) is 42.3 Å². The molecule has 4 heteroatoms. The maximum absolute atomic E-state index is 6.23. The van der Waals surface area contributed by atoms with Gasteiger partial charge in [0.05, 0.1) is 16.3 Å². The number of halogens is 1. The molecule has 2 aromatic carbocycles. The molecule has 0 spiro atoms. The first-order valence-electron chi connectivity index (χ1n) is 6.52. The number of anilines is 1. The molecule has 20 heavy (non-hydrogen) atoms. The van der Waals surface area contributed by atoms with Gasteiger partial charge in [-0.05, 0) is 37.1 Å². The minimum absolute atomic E-state index is 0.129. The fourth-order valence-electron chi connectivity index (χ4n) is 2.24. The number of hydrogen-bond acceptors (Lipinski definition) is 3. The van der Waals surface area contributed by atoms with Crippen molar-refractivity contribution in [1.82, 2.24) is 4.98 Å². The minimum atomic E-state index is 0.129. The topological polar surface area (TPSA) is 24.9 Å². The molecule has 0 saturated carbocycles. The minimum Gasteiger partial charge on any atom is -0.355 e. The van der Waals surface area contributed by atoms with Gasteiger partial charge in [0.15, 0.2) is 5.13 Å². The highest BCUT2D eigenvalue weighted by Gasteiger charge is 2.12. The van der Waals surface area contributed by atoms with E-state index in [1.807, 2.05) is 24.3 Å². The summed E-state index contributed by atoms with van der Waals surface area (Å²) >= 11 is 7.91. The Kier molecular flexibility index (Phi) is 3.64. The molecule has 0 aliphatic rings. The Labute approximate surface area is 127 Å². The molecule has 0 aliphatic carbocycles. The molecular weight excluding hydrogens is 288 g/mol. The van der Waals surface area contributed by atoms with Crippen LogP contribution < -0.4 is 5.32 Å². The van der Waals surface area contributed by atoms with Gasteiger partial charge in [-0.25, -0.2) is 4.98 Å². The second kappa shape index (κ2) is 5.43. The fraction of sp³-hybridized carbons (Fsp3) is 0.188. The average molecular weight is 303 g/mol. The molecule has 102 valence electrons. The summed E-state index contributed by atoms with van der Waals surface area (Å²) in [6, 6.07) is 14.3. The van der Waals surface area contributed by atoms with Crippen LogP contribution in [0.2, 0.25) is 5.02 Å². The highest BCUT2D eigenvalue weighted by molar-refractivity contribution is 7.22. The highest BCUT2D eigenvalue weighted by Crippen LogP contribution is 2.31. The molecule has 0 amide bonds. The van der Waals surface area contributed by atoms with Crippen molar-refractivity contribution in [3.8, 4) is 0 Å². The van der Waals surface area contributed by atoms with Crippen LogP contribution in [0.25, 0.3) is 10.2 Å². The van der Waals surface area contributed by atoms with E-state index in [0.717, 1.165) is 21.2 Å². The van der Waals surface area contributed by atoms with Gasteiger partial charge in [0.25, 0.3) is 0 Å². The van der Waals surface area contributed by atoms with Gasteiger partial charge in [0.2, 0.25) is 0 Å². The Balaban J connectivity index is 1.90. The van der Waals surface area contributed by atoms with E-state index in [4.69, 9.17) is 11.6 Å². The molecule has 1 atom stereocenters. The van der Waals surface area contributed by atoms with Crippen molar-refractivity contribution in [3.05, 3.63) is 58.6 Å². The third-order valence-electron chi connectivity index (χ3n) is 3.33. The van der Waals surface area contributed by atoms with Crippen LogP contribution in [0.4, 0.5) is 5.13 Å². The van der Waals surface area contributed by atoms with Crippen molar-refractivity contribution in [3.63, 3.8) is 0 Å². The lowest BCUT2D eigenvalue weighted by Crippen LogP contribution is -2.06. The van der Waals surface area contributed by atoms with Gasteiger partial charge in [-0.3, -0.25) is 0 Å². The number of fused-ring (bicyclic) bond motifs is 1. The van der Waals surface area contributed by atoms with Crippen LogP contribution in [-0.2, 0) is 0 Å². The highest BCUT2D eigenvalue weighted by atomic mass is 35.5. The number of nitrogens with one attached hydrogen (secondary N) is 1. The summed E-state index contributed by atoms with van der Waals surface area (Å²) in [7, 11) is 0. The van der Waals surface area contributed by atoms with Crippen molar-refractivity contribution in [2.45, 2.75) is 19.9 Å². The molecule has 2 nitrogen and oxygen atoms in total. The number of aryl methyl sites for hydroxylation is 1. The lowest BCUT2D eigenvalue weighted by molar-refractivity contribution is 0.883. The van der Waals surface area contributed by atoms with Gasteiger partial charge in [0, 0.05) is 5.02 Å². The SMILES string of the molecule is Cc1cccc2sc(NC(C)c3ccccc3Cl)nc12. The molecule has 1 N–H and O–H groups in total. The molecule has 3 aromatic rings. The van der Waals surface area contributed by atoms with E-state index in [1.165, 1.54) is 10.3 Å². The molecule has 0 bridgehead atoms. The zero-order chi connectivity index (χ0) is 14.1.